The van der Waals surface area contributed by atoms with Gasteiger partial charge >= 0.3 is 0 Å². The van der Waals surface area contributed by atoms with E-state index in [1.54, 1.807) is 54.6 Å². The number of nitriles is 1. The lowest BCUT2D eigenvalue weighted by atomic mass is 10.1. The van der Waals surface area contributed by atoms with Crippen molar-refractivity contribution >= 4 is 72.7 Å². The van der Waals surface area contributed by atoms with Crippen molar-refractivity contribution < 1.29 is 19.0 Å². The van der Waals surface area contributed by atoms with E-state index in [9.17, 15) is 10.1 Å². The molecule has 42 heavy (non-hydrogen) atoms. The van der Waals surface area contributed by atoms with Crippen LogP contribution >= 0.6 is 55.1 Å². The Morgan fingerprint density at radius 2 is 1.67 bits per heavy atom. The Labute approximate surface area is 271 Å². The van der Waals surface area contributed by atoms with Crippen LogP contribution in [0.25, 0.3) is 6.08 Å². The van der Waals surface area contributed by atoms with Crippen LogP contribution in [0.1, 0.15) is 23.6 Å². The molecule has 0 aromatic heterocycles. The molecule has 4 aromatic carbocycles. The SMILES string of the molecule is CCOc1cc(/C=C(\C#N)C(=O)Nc2ccc(OCc3ccc(Br)cc3)cc2)cc(Br)c1OCc1ccc(Cl)cc1Cl. The van der Waals surface area contributed by atoms with Crippen LogP contribution in [0.3, 0.4) is 0 Å². The van der Waals surface area contributed by atoms with Crippen molar-refractivity contribution in [1.29, 1.82) is 5.26 Å². The lowest BCUT2D eigenvalue weighted by molar-refractivity contribution is -0.112. The number of nitrogens with one attached hydrogen (secondary N) is 1. The predicted octanol–water partition coefficient (Wildman–Crippen LogP) is 9.62. The van der Waals surface area contributed by atoms with E-state index < -0.39 is 5.91 Å². The highest BCUT2D eigenvalue weighted by Gasteiger charge is 2.15. The van der Waals surface area contributed by atoms with E-state index in [0.29, 0.717) is 56.2 Å². The summed E-state index contributed by atoms with van der Waals surface area (Å²) >= 11 is 19.2. The molecule has 0 aliphatic heterocycles. The van der Waals surface area contributed by atoms with Crippen molar-refractivity contribution in [3.8, 4) is 23.3 Å². The molecular formula is C32H24Br2Cl2N2O4. The van der Waals surface area contributed by atoms with Gasteiger partial charge in [-0.2, -0.15) is 5.26 Å². The first kappa shape index (κ1) is 31.5. The van der Waals surface area contributed by atoms with Crippen molar-refractivity contribution in [3.63, 3.8) is 0 Å². The molecule has 0 saturated carbocycles. The summed E-state index contributed by atoms with van der Waals surface area (Å²) in [5, 5.41) is 13.5. The number of nitrogens with zero attached hydrogens (tertiary/aromatic N) is 1. The molecule has 4 aromatic rings. The molecule has 6 nitrogen and oxygen atoms in total. The fraction of sp³-hybridized carbons (Fsp3) is 0.125. The monoisotopic (exact) mass is 728 g/mol. The first-order valence-corrected chi connectivity index (χ1v) is 15.0. The summed E-state index contributed by atoms with van der Waals surface area (Å²) in [4.78, 5) is 12.9. The standard InChI is InChI=1S/C32H24Br2Cl2N2O4/c1-2-40-30-15-21(14-28(34)31(30)42-19-22-5-8-25(35)16-29(22)36)13-23(17-37)32(39)38-26-9-11-27(12-10-26)41-18-20-3-6-24(33)7-4-20/h3-16H,2,18-19H2,1H3,(H,38,39)/b23-13+. The van der Waals surface area contributed by atoms with Crippen molar-refractivity contribution in [1.82, 2.24) is 0 Å². The number of hydrogen-bond acceptors (Lipinski definition) is 5. The molecule has 0 fully saturated rings. The number of anilines is 1. The van der Waals surface area contributed by atoms with Crippen molar-refractivity contribution in [3.05, 3.63) is 120 Å². The maximum Gasteiger partial charge on any atom is 0.266 e. The van der Waals surface area contributed by atoms with Gasteiger partial charge in [-0.05, 0) is 101 Å². The molecule has 0 saturated heterocycles. The molecule has 10 heteroatoms. The highest BCUT2D eigenvalue weighted by molar-refractivity contribution is 9.10. The van der Waals surface area contributed by atoms with Crippen LogP contribution in [-0.2, 0) is 18.0 Å². The number of ether oxygens (including phenoxy) is 3. The first-order valence-electron chi connectivity index (χ1n) is 12.7. The fourth-order valence-corrected chi connectivity index (χ4v) is 5.06. The number of carbonyl (C=O) groups is 1. The molecule has 0 unspecified atom stereocenters. The molecule has 0 aliphatic carbocycles. The summed E-state index contributed by atoms with van der Waals surface area (Å²) in [5.74, 6) is 1.01. The van der Waals surface area contributed by atoms with Crippen LogP contribution < -0.4 is 19.5 Å². The molecule has 0 spiro atoms. The number of hydrogen-bond donors (Lipinski definition) is 1. The van der Waals surface area contributed by atoms with E-state index in [4.69, 9.17) is 37.4 Å². The zero-order chi connectivity index (χ0) is 30.1. The normalized spacial score (nSPS) is 11.0. The van der Waals surface area contributed by atoms with E-state index in [1.807, 2.05) is 37.3 Å². The van der Waals surface area contributed by atoms with E-state index in [2.05, 4.69) is 37.2 Å². The Morgan fingerprint density at radius 1 is 0.929 bits per heavy atom. The number of carbonyl (C=O) groups excluding carboxylic acids is 1. The smallest absolute Gasteiger partial charge is 0.266 e. The fourth-order valence-electron chi connectivity index (χ4n) is 3.76. The Kier molecular flexibility index (Phi) is 11.3. The maximum atomic E-state index is 12.9. The number of rotatable bonds is 11. The van der Waals surface area contributed by atoms with E-state index >= 15 is 0 Å². The molecule has 0 atom stereocenters. The second kappa shape index (κ2) is 15.1. The number of halogens is 4. The van der Waals surface area contributed by atoms with E-state index in [0.717, 1.165) is 15.6 Å². The summed E-state index contributed by atoms with van der Waals surface area (Å²) in [6.07, 6.45) is 1.48. The average Bonchev–Trinajstić information content (AvgIpc) is 2.97. The second-order valence-electron chi connectivity index (χ2n) is 8.85. The van der Waals surface area contributed by atoms with E-state index in [-0.39, 0.29) is 12.2 Å². The Morgan fingerprint density at radius 3 is 2.33 bits per heavy atom. The molecule has 0 heterocycles. The first-order chi connectivity index (χ1) is 20.2. The van der Waals surface area contributed by atoms with Gasteiger partial charge in [0.25, 0.3) is 5.91 Å². The molecule has 0 bridgehead atoms. The van der Waals surface area contributed by atoms with Crippen LogP contribution in [0.2, 0.25) is 10.0 Å². The van der Waals surface area contributed by atoms with Crippen LogP contribution in [0, 0.1) is 11.3 Å². The van der Waals surface area contributed by atoms with Gasteiger partial charge in [-0.3, -0.25) is 4.79 Å². The molecule has 4 rings (SSSR count). The van der Waals surface area contributed by atoms with Gasteiger partial charge in [0.15, 0.2) is 11.5 Å². The highest BCUT2D eigenvalue weighted by atomic mass is 79.9. The summed E-state index contributed by atoms with van der Waals surface area (Å²) in [6, 6.07) is 25.4. The third-order valence-corrected chi connectivity index (χ3v) is 7.53. The zero-order valence-corrected chi connectivity index (χ0v) is 27.0. The number of benzene rings is 4. The van der Waals surface area contributed by atoms with Gasteiger partial charge in [-0.1, -0.05) is 57.3 Å². The second-order valence-corrected chi connectivity index (χ2v) is 11.5. The molecule has 0 radical (unpaired) electrons. The Balaban J connectivity index is 1.44. The van der Waals surface area contributed by atoms with Crippen molar-refractivity contribution in [2.24, 2.45) is 0 Å². The van der Waals surface area contributed by atoms with Gasteiger partial charge < -0.3 is 19.5 Å². The van der Waals surface area contributed by atoms with Gasteiger partial charge in [0.05, 0.1) is 11.1 Å². The summed E-state index contributed by atoms with van der Waals surface area (Å²) in [7, 11) is 0. The molecule has 1 amide bonds. The Hall–Kier alpha value is -3.48. The van der Waals surface area contributed by atoms with Gasteiger partial charge in [0, 0.05) is 25.8 Å². The average molecular weight is 731 g/mol. The van der Waals surface area contributed by atoms with E-state index in [1.165, 1.54) is 6.08 Å². The van der Waals surface area contributed by atoms with Crippen LogP contribution in [0.15, 0.2) is 93.4 Å². The zero-order valence-electron chi connectivity index (χ0n) is 22.3. The third-order valence-electron chi connectivity index (χ3n) is 5.83. The molecule has 0 aliphatic rings. The minimum Gasteiger partial charge on any atom is -0.490 e. The molecule has 214 valence electrons. The Bertz CT molecular complexity index is 1640. The van der Waals surface area contributed by atoms with Gasteiger partial charge in [-0.15, -0.1) is 0 Å². The van der Waals surface area contributed by atoms with Gasteiger partial charge in [0.1, 0.15) is 30.6 Å². The quantitative estimate of drug-likeness (QED) is 0.123. The number of amides is 1. The van der Waals surface area contributed by atoms with Crippen molar-refractivity contribution in [2.75, 3.05) is 11.9 Å². The summed E-state index contributed by atoms with van der Waals surface area (Å²) < 4.78 is 19.2. The molecular weight excluding hydrogens is 707 g/mol. The van der Waals surface area contributed by atoms with Crippen LogP contribution in [-0.4, -0.2) is 12.5 Å². The predicted molar refractivity (Wildman–Crippen MR) is 173 cm³/mol. The van der Waals surface area contributed by atoms with Gasteiger partial charge in [0.2, 0.25) is 0 Å². The third kappa shape index (κ3) is 8.76. The lowest BCUT2D eigenvalue weighted by Crippen LogP contribution is -2.13. The van der Waals surface area contributed by atoms with Crippen LogP contribution in [0.5, 0.6) is 17.2 Å². The minimum absolute atomic E-state index is 0.0819. The molecule has 1 N–H and O–H groups in total. The minimum atomic E-state index is -0.548. The largest absolute Gasteiger partial charge is 0.490 e. The summed E-state index contributed by atoms with van der Waals surface area (Å²) in [5.41, 5.74) is 2.81. The summed E-state index contributed by atoms with van der Waals surface area (Å²) in [6.45, 7) is 2.83. The van der Waals surface area contributed by atoms with Gasteiger partial charge in [-0.25, -0.2) is 0 Å². The van der Waals surface area contributed by atoms with Crippen LogP contribution in [0.4, 0.5) is 5.69 Å². The lowest BCUT2D eigenvalue weighted by Gasteiger charge is -2.15. The maximum absolute atomic E-state index is 12.9. The topological polar surface area (TPSA) is 80.6 Å². The highest BCUT2D eigenvalue weighted by Crippen LogP contribution is 2.38. The van der Waals surface area contributed by atoms with Crippen molar-refractivity contribution in [2.45, 2.75) is 20.1 Å².